The van der Waals surface area contributed by atoms with Crippen LogP contribution in [0.2, 0.25) is 0 Å². The van der Waals surface area contributed by atoms with Crippen LogP contribution in [0.25, 0.3) is 0 Å². The molecule has 0 atom stereocenters. The van der Waals surface area contributed by atoms with Crippen LogP contribution in [0, 0.1) is 5.41 Å². The van der Waals surface area contributed by atoms with Gasteiger partial charge in [-0.3, -0.25) is 0 Å². The summed E-state index contributed by atoms with van der Waals surface area (Å²) in [6.45, 7) is 5.38. The smallest absolute Gasteiger partial charge is 0.131 e. The maximum Gasteiger partial charge on any atom is 0.131 e. The zero-order chi connectivity index (χ0) is 12.3. The second-order valence-corrected chi connectivity index (χ2v) is 5.93. The van der Waals surface area contributed by atoms with Crippen LogP contribution in [0.5, 0.6) is 0 Å². The van der Waals surface area contributed by atoms with Crippen LogP contribution in [0.4, 0.5) is 0 Å². The van der Waals surface area contributed by atoms with Gasteiger partial charge in [-0.1, -0.05) is 13.8 Å². The molecule has 0 amide bonds. The van der Waals surface area contributed by atoms with Gasteiger partial charge in [0.25, 0.3) is 0 Å². The van der Waals surface area contributed by atoms with E-state index in [0.717, 1.165) is 17.8 Å². The highest BCUT2D eigenvalue weighted by Crippen LogP contribution is 2.41. The van der Waals surface area contributed by atoms with Gasteiger partial charge in [0, 0.05) is 18.3 Å². The molecule has 2 N–H and O–H groups in total. The van der Waals surface area contributed by atoms with E-state index < -0.39 is 0 Å². The summed E-state index contributed by atoms with van der Waals surface area (Å²) in [6, 6.07) is 0. The Kier molecular flexibility index (Phi) is 3.77. The van der Waals surface area contributed by atoms with E-state index in [4.69, 9.17) is 5.73 Å². The third-order valence-electron chi connectivity index (χ3n) is 3.86. The van der Waals surface area contributed by atoms with Crippen LogP contribution < -0.4 is 5.73 Å². The van der Waals surface area contributed by atoms with Crippen molar-refractivity contribution in [2.45, 2.75) is 51.9 Å². The molecule has 0 bridgehead atoms. The van der Waals surface area contributed by atoms with E-state index in [2.05, 4.69) is 23.8 Å². The molecule has 0 radical (unpaired) electrons. The molecule has 3 heteroatoms. The predicted molar refractivity (Wildman–Crippen MR) is 69.8 cm³/mol. The lowest BCUT2D eigenvalue weighted by molar-refractivity contribution is 0.220. The number of nitrogens with zero attached hydrogens (tertiary/aromatic N) is 2. The van der Waals surface area contributed by atoms with E-state index in [1.54, 1.807) is 0 Å². The van der Waals surface area contributed by atoms with Gasteiger partial charge in [0.1, 0.15) is 5.82 Å². The Balaban J connectivity index is 1.99. The van der Waals surface area contributed by atoms with Crippen molar-refractivity contribution in [1.82, 2.24) is 9.97 Å². The van der Waals surface area contributed by atoms with E-state index in [-0.39, 0.29) is 0 Å². The Hall–Kier alpha value is -0.960. The van der Waals surface area contributed by atoms with Crippen molar-refractivity contribution in [3.63, 3.8) is 0 Å². The average Bonchev–Trinajstić information content (AvgIpc) is 2.31. The predicted octanol–water partition coefficient (Wildman–Crippen LogP) is 2.66. The van der Waals surface area contributed by atoms with Gasteiger partial charge in [-0.25, -0.2) is 9.97 Å². The molecule has 1 aromatic rings. The van der Waals surface area contributed by atoms with Crippen molar-refractivity contribution in [2.75, 3.05) is 6.54 Å². The van der Waals surface area contributed by atoms with Crippen LogP contribution in [-0.2, 0) is 6.42 Å². The van der Waals surface area contributed by atoms with Gasteiger partial charge >= 0.3 is 0 Å². The fourth-order valence-corrected chi connectivity index (χ4v) is 2.53. The molecule has 1 heterocycles. The first-order chi connectivity index (χ1) is 8.11. The standard InChI is InChI=1S/C14H23N3/c1-14(2)6-3-12(4-7-14)13-16-9-11(5-8-15)10-17-13/h9-10,12H,3-8,15H2,1-2H3. The van der Waals surface area contributed by atoms with Gasteiger partial charge in [-0.2, -0.15) is 0 Å². The van der Waals surface area contributed by atoms with Gasteiger partial charge in [0.05, 0.1) is 0 Å². The summed E-state index contributed by atoms with van der Waals surface area (Å²) in [7, 11) is 0. The quantitative estimate of drug-likeness (QED) is 0.873. The lowest BCUT2D eigenvalue weighted by atomic mass is 9.73. The Labute approximate surface area is 104 Å². The van der Waals surface area contributed by atoms with Crippen molar-refractivity contribution in [1.29, 1.82) is 0 Å². The van der Waals surface area contributed by atoms with Crippen LogP contribution in [0.15, 0.2) is 12.4 Å². The largest absolute Gasteiger partial charge is 0.330 e. The summed E-state index contributed by atoms with van der Waals surface area (Å²) in [5, 5.41) is 0. The molecule has 1 aromatic heterocycles. The first-order valence-electron chi connectivity index (χ1n) is 6.62. The molecule has 0 saturated heterocycles. The highest BCUT2D eigenvalue weighted by Gasteiger charge is 2.28. The van der Waals surface area contributed by atoms with Crippen molar-refractivity contribution < 1.29 is 0 Å². The van der Waals surface area contributed by atoms with Crippen molar-refractivity contribution in [3.05, 3.63) is 23.8 Å². The van der Waals surface area contributed by atoms with Crippen molar-refractivity contribution in [3.8, 4) is 0 Å². The Bertz CT molecular complexity index is 346. The van der Waals surface area contributed by atoms with E-state index >= 15 is 0 Å². The molecule has 3 nitrogen and oxygen atoms in total. The van der Waals surface area contributed by atoms with Gasteiger partial charge in [0.15, 0.2) is 0 Å². The van der Waals surface area contributed by atoms with Gasteiger partial charge in [-0.15, -0.1) is 0 Å². The first kappa shape index (κ1) is 12.5. The van der Waals surface area contributed by atoms with Gasteiger partial charge in [0.2, 0.25) is 0 Å². The summed E-state index contributed by atoms with van der Waals surface area (Å²) in [6.07, 6.45) is 9.77. The molecule has 2 rings (SSSR count). The van der Waals surface area contributed by atoms with Crippen molar-refractivity contribution in [2.24, 2.45) is 11.1 Å². The molecule has 0 aliphatic heterocycles. The topological polar surface area (TPSA) is 51.8 Å². The minimum absolute atomic E-state index is 0.510. The first-order valence-corrected chi connectivity index (χ1v) is 6.62. The summed E-state index contributed by atoms with van der Waals surface area (Å²) in [4.78, 5) is 9.00. The second kappa shape index (κ2) is 5.13. The average molecular weight is 233 g/mol. The molecule has 94 valence electrons. The molecular formula is C14H23N3. The molecule has 0 spiro atoms. The van der Waals surface area contributed by atoms with E-state index in [9.17, 15) is 0 Å². The summed E-state index contributed by atoms with van der Waals surface area (Å²) < 4.78 is 0. The van der Waals surface area contributed by atoms with E-state index in [0.29, 0.717) is 17.9 Å². The van der Waals surface area contributed by atoms with Gasteiger partial charge in [-0.05, 0) is 49.6 Å². The summed E-state index contributed by atoms with van der Waals surface area (Å²) in [5.74, 6) is 1.59. The highest BCUT2D eigenvalue weighted by molar-refractivity contribution is 5.08. The highest BCUT2D eigenvalue weighted by atomic mass is 14.9. The molecule has 17 heavy (non-hydrogen) atoms. The van der Waals surface area contributed by atoms with Crippen LogP contribution in [-0.4, -0.2) is 16.5 Å². The minimum atomic E-state index is 0.510. The molecule has 1 saturated carbocycles. The SMILES string of the molecule is CC1(C)CCC(c2ncc(CCN)cn2)CC1. The third kappa shape index (κ3) is 3.25. The second-order valence-electron chi connectivity index (χ2n) is 5.93. The molecule has 1 aliphatic carbocycles. The summed E-state index contributed by atoms with van der Waals surface area (Å²) in [5.41, 5.74) is 7.17. The van der Waals surface area contributed by atoms with Gasteiger partial charge < -0.3 is 5.73 Å². The van der Waals surface area contributed by atoms with E-state index in [1.807, 2.05) is 12.4 Å². The fraction of sp³-hybridized carbons (Fsp3) is 0.714. The maximum atomic E-state index is 5.52. The molecular weight excluding hydrogens is 210 g/mol. The Morgan fingerprint density at radius 1 is 1.24 bits per heavy atom. The van der Waals surface area contributed by atoms with E-state index in [1.165, 1.54) is 25.7 Å². The number of hydrogen-bond donors (Lipinski definition) is 1. The lowest BCUT2D eigenvalue weighted by Crippen LogP contribution is -2.21. The van der Waals surface area contributed by atoms with Crippen molar-refractivity contribution >= 4 is 0 Å². The van der Waals surface area contributed by atoms with Crippen LogP contribution in [0.3, 0.4) is 0 Å². The zero-order valence-electron chi connectivity index (χ0n) is 10.9. The number of nitrogens with two attached hydrogens (primary N) is 1. The Morgan fingerprint density at radius 3 is 2.35 bits per heavy atom. The zero-order valence-corrected chi connectivity index (χ0v) is 10.9. The molecule has 0 unspecified atom stereocenters. The number of aromatic nitrogens is 2. The number of hydrogen-bond acceptors (Lipinski definition) is 3. The van der Waals surface area contributed by atoms with Crippen LogP contribution in [0.1, 0.15) is 56.8 Å². The maximum absolute atomic E-state index is 5.52. The molecule has 0 aromatic carbocycles. The Morgan fingerprint density at radius 2 is 1.82 bits per heavy atom. The molecule has 1 fully saturated rings. The fourth-order valence-electron chi connectivity index (χ4n) is 2.53. The summed E-state index contributed by atoms with van der Waals surface area (Å²) >= 11 is 0. The number of rotatable bonds is 3. The lowest BCUT2D eigenvalue weighted by Gasteiger charge is -2.33. The minimum Gasteiger partial charge on any atom is -0.330 e. The van der Waals surface area contributed by atoms with Crippen LogP contribution >= 0.6 is 0 Å². The molecule has 1 aliphatic rings. The third-order valence-corrected chi connectivity index (χ3v) is 3.86. The normalized spacial score (nSPS) is 20.4. The monoisotopic (exact) mass is 233 g/mol.